The van der Waals surface area contributed by atoms with Gasteiger partial charge in [0.15, 0.2) is 5.13 Å². The number of nitrogens with zero attached hydrogens (tertiary/aromatic N) is 2. The Hall–Kier alpha value is -1.88. The lowest BCUT2D eigenvalue weighted by Gasteiger charge is -2.15. The van der Waals surface area contributed by atoms with E-state index in [0.29, 0.717) is 10.8 Å². The molecular formula is C15H16N2O2S. The highest BCUT2D eigenvalue weighted by molar-refractivity contribution is 7.17. The Labute approximate surface area is 121 Å². The molecule has 0 saturated heterocycles. The van der Waals surface area contributed by atoms with Crippen LogP contribution in [0.3, 0.4) is 0 Å². The molecule has 1 aromatic carbocycles. The van der Waals surface area contributed by atoms with Gasteiger partial charge in [0.05, 0.1) is 5.69 Å². The first-order valence-electron chi connectivity index (χ1n) is 6.64. The number of hydrogen-bond donors (Lipinski definition) is 1. The second-order valence-corrected chi connectivity index (χ2v) is 6.11. The lowest BCUT2D eigenvalue weighted by Crippen LogP contribution is -2.15. The van der Waals surface area contributed by atoms with Gasteiger partial charge in [0.1, 0.15) is 4.88 Å². The van der Waals surface area contributed by atoms with Crippen LogP contribution in [0.5, 0.6) is 0 Å². The normalized spacial score (nSPS) is 14.2. The van der Waals surface area contributed by atoms with Crippen LogP contribution < -0.4 is 4.90 Å². The Bertz CT molecular complexity index is 620. The molecule has 4 nitrogen and oxygen atoms in total. The van der Waals surface area contributed by atoms with Gasteiger partial charge >= 0.3 is 5.97 Å². The largest absolute Gasteiger partial charge is 0.477 e. The molecule has 104 valence electrons. The summed E-state index contributed by atoms with van der Waals surface area (Å²) in [5.41, 5.74) is 1.97. The summed E-state index contributed by atoms with van der Waals surface area (Å²) in [6, 6.07) is 10.1. The van der Waals surface area contributed by atoms with Crippen LogP contribution in [-0.4, -0.2) is 23.1 Å². The minimum Gasteiger partial charge on any atom is -0.477 e. The zero-order chi connectivity index (χ0) is 14.1. The van der Waals surface area contributed by atoms with E-state index in [-0.39, 0.29) is 0 Å². The van der Waals surface area contributed by atoms with Crippen molar-refractivity contribution in [2.45, 2.75) is 25.3 Å². The van der Waals surface area contributed by atoms with Crippen LogP contribution in [0.15, 0.2) is 30.3 Å². The number of benzene rings is 1. The molecule has 1 saturated carbocycles. The summed E-state index contributed by atoms with van der Waals surface area (Å²) in [7, 11) is 1.95. The molecule has 0 radical (unpaired) electrons. The molecule has 1 aromatic heterocycles. The summed E-state index contributed by atoms with van der Waals surface area (Å²) < 4.78 is 0. The van der Waals surface area contributed by atoms with Crippen molar-refractivity contribution >= 4 is 22.4 Å². The first kappa shape index (κ1) is 13.1. The van der Waals surface area contributed by atoms with Crippen LogP contribution in [0, 0.1) is 0 Å². The van der Waals surface area contributed by atoms with Crippen molar-refractivity contribution in [3.05, 3.63) is 46.5 Å². The maximum atomic E-state index is 11.3. The van der Waals surface area contributed by atoms with Crippen molar-refractivity contribution in [3.63, 3.8) is 0 Å². The predicted octanol–water partition coefficient (Wildman–Crippen LogP) is 3.36. The minimum absolute atomic E-state index is 0.358. The van der Waals surface area contributed by atoms with Crippen LogP contribution in [0.4, 0.5) is 5.13 Å². The van der Waals surface area contributed by atoms with Crippen LogP contribution in [0.1, 0.15) is 39.7 Å². The lowest BCUT2D eigenvalue weighted by molar-refractivity contribution is 0.0700. The van der Waals surface area contributed by atoms with Gasteiger partial charge in [-0.3, -0.25) is 0 Å². The van der Waals surface area contributed by atoms with Crippen molar-refractivity contribution in [2.24, 2.45) is 0 Å². The molecule has 1 N–H and O–H groups in total. The van der Waals surface area contributed by atoms with Crippen LogP contribution in [0.2, 0.25) is 0 Å². The number of rotatable bonds is 5. The minimum atomic E-state index is -0.858. The molecule has 0 spiro atoms. The zero-order valence-corrected chi connectivity index (χ0v) is 12.1. The van der Waals surface area contributed by atoms with E-state index in [0.717, 1.165) is 30.2 Å². The van der Waals surface area contributed by atoms with E-state index in [1.165, 1.54) is 16.9 Å². The topological polar surface area (TPSA) is 53.4 Å². The standard InChI is InChI=1S/C15H16N2O2S/c1-17(9-10-5-3-2-4-6-10)15-16-12(11-7-8-11)13(20-15)14(18)19/h2-6,11H,7-9H2,1H3,(H,18,19). The fourth-order valence-electron chi connectivity index (χ4n) is 2.20. The highest BCUT2D eigenvalue weighted by atomic mass is 32.1. The van der Waals surface area contributed by atoms with Gasteiger partial charge < -0.3 is 10.0 Å². The fourth-order valence-corrected chi connectivity index (χ4v) is 3.15. The molecule has 0 aliphatic heterocycles. The number of thiazole rings is 1. The van der Waals surface area contributed by atoms with Crippen molar-refractivity contribution in [1.29, 1.82) is 0 Å². The van der Waals surface area contributed by atoms with Crippen molar-refractivity contribution in [3.8, 4) is 0 Å². The highest BCUT2D eigenvalue weighted by Crippen LogP contribution is 2.44. The highest BCUT2D eigenvalue weighted by Gasteiger charge is 2.32. The Balaban J connectivity index is 1.82. The van der Waals surface area contributed by atoms with E-state index in [4.69, 9.17) is 0 Å². The molecule has 1 heterocycles. The third-order valence-electron chi connectivity index (χ3n) is 3.39. The average Bonchev–Trinajstić information content (AvgIpc) is 3.18. The maximum Gasteiger partial charge on any atom is 0.347 e. The van der Waals surface area contributed by atoms with Crippen LogP contribution >= 0.6 is 11.3 Å². The average molecular weight is 288 g/mol. The molecule has 0 atom stereocenters. The smallest absolute Gasteiger partial charge is 0.347 e. The van der Waals surface area contributed by atoms with Crippen LogP contribution in [-0.2, 0) is 6.54 Å². The summed E-state index contributed by atoms with van der Waals surface area (Å²) in [6.07, 6.45) is 2.12. The van der Waals surface area contributed by atoms with E-state index in [1.54, 1.807) is 0 Å². The van der Waals surface area contributed by atoms with Gasteiger partial charge in [-0.15, -0.1) is 0 Å². The summed E-state index contributed by atoms with van der Waals surface area (Å²) in [4.78, 5) is 18.3. The van der Waals surface area contributed by atoms with E-state index in [1.807, 2.05) is 30.1 Å². The summed E-state index contributed by atoms with van der Waals surface area (Å²) in [5, 5.41) is 10.1. The number of carboxylic acid groups (broad SMARTS) is 1. The number of aromatic nitrogens is 1. The van der Waals surface area contributed by atoms with E-state index >= 15 is 0 Å². The quantitative estimate of drug-likeness (QED) is 0.916. The molecule has 1 aliphatic rings. The lowest BCUT2D eigenvalue weighted by atomic mass is 10.2. The van der Waals surface area contributed by atoms with Gasteiger partial charge in [-0.25, -0.2) is 9.78 Å². The summed E-state index contributed by atoms with van der Waals surface area (Å²) in [6.45, 7) is 0.734. The second kappa shape index (κ2) is 5.25. The number of anilines is 1. The number of hydrogen-bond acceptors (Lipinski definition) is 4. The Morgan fingerprint density at radius 2 is 2.10 bits per heavy atom. The monoisotopic (exact) mass is 288 g/mol. The third-order valence-corrected chi connectivity index (χ3v) is 4.56. The zero-order valence-electron chi connectivity index (χ0n) is 11.2. The molecular weight excluding hydrogens is 272 g/mol. The fraction of sp³-hybridized carbons (Fsp3) is 0.333. The molecule has 1 fully saturated rings. The SMILES string of the molecule is CN(Cc1ccccc1)c1nc(C2CC2)c(C(=O)O)s1. The maximum absolute atomic E-state index is 11.3. The molecule has 5 heteroatoms. The summed E-state index contributed by atoms with van der Waals surface area (Å²) >= 11 is 1.28. The number of carboxylic acids is 1. The van der Waals surface area contributed by atoms with Gasteiger partial charge in [0, 0.05) is 19.5 Å². The Morgan fingerprint density at radius 1 is 1.40 bits per heavy atom. The van der Waals surface area contributed by atoms with E-state index < -0.39 is 5.97 Å². The van der Waals surface area contributed by atoms with E-state index in [2.05, 4.69) is 17.1 Å². The van der Waals surface area contributed by atoms with Gasteiger partial charge in [-0.1, -0.05) is 41.7 Å². The molecule has 1 aliphatic carbocycles. The first-order chi connectivity index (χ1) is 9.65. The molecule has 3 rings (SSSR count). The molecule has 20 heavy (non-hydrogen) atoms. The van der Waals surface area contributed by atoms with Gasteiger partial charge in [0.2, 0.25) is 0 Å². The predicted molar refractivity (Wildman–Crippen MR) is 79.6 cm³/mol. The number of aromatic carboxylic acids is 1. The van der Waals surface area contributed by atoms with Crippen molar-refractivity contribution in [1.82, 2.24) is 4.98 Å². The summed E-state index contributed by atoms with van der Waals surface area (Å²) in [5.74, 6) is -0.500. The van der Waals surface area contributed by atoms with Gasteiger partial charge in [-0.2, -0.15) is 0 Å². The molecule has 2 aromatic rings. The van der Waals surface area contributed by atoms with Gasteiger partial charge in [-0.05, 0) is 18.4 Å². The molecule has 0 unspecified atom stereocenters. The second-order valence-electron chi connectivity index (χ2n) is 5.13. The van der Waals surface area contributed by atoms with Gasteiger partial charge in [0.25, 0.3) is 0 Å². The number of carbonyl (C=O) groups is 1. The Morgan fingerprint density at radius 3 is 2.70 bits per heavy atom. The molecule has 0 amide bonds. The first-order valence-corrected chi connectivity index (χ1v) is 7.46. The van der Waals surface area contributed by atoms with Crippen molar-refractivity contribution < 1.29 is 9.90 Å². The Kier molecular flexibility index (Phi) is 3.44. The van der Waals surface area contributed by atoms with E-state index in [9.17, 15) is 9.90 Å². The van der Waals surface area contributed by atoms with Crippen LogP contribution in [0.25, 0.3) is 0 Å². The van der Waals surface area contributed by atoms with Crippen molar-refractivity contribution in [2.75, 3.05) is 11.9 Å². The molecule has 0 bridgehead atoms. The third kappa shape index (κ3) is 2.67.